The SMILES string of the molecule is CCc1nc(CNC(=NC)N2CCC3(CCOCC3)C2)cs1.I. The van der Waals surface area contributed by atoms with Crippen molar-refractivity contribution in [3.8, 4) is 0 Å². The number of guanidine groups is 1. The van der Waals surface area contributed by atoms with E-state index in [0.717, 1.165) is 50.9 Å². The zero-order chi connectivity index (χ0) is 15.4. The summed E-state index contributed by atoms with van der Waals surface area (Å²) in [6.45, 7) is 6.93. The van der Waals surface area contributed by atoms with Crippen LogP contribution in [0.1, 0.15) is 36.9 Å². The summed E-state index contributed by atoms with van der Waals surface area (Å²) in [4.78, 5) is 11.5. The highest BCUT2D eigenvalue weighted by atomic mass is 127. The molecule has 1 N–H and O–H groups in total. The summed E-state index contributed by atoms with van der Waals surface area (Å²) in [6.07, 6.45) is 4.64. The minimum absolute atomic E-state index is 0. The van der Waals surface area contributed by atoms with Crippen molar-refractivity contribution in [1.29, 1.82) is 0 Å². The van der Waals surface area contributed by atoms with Gasteiger partial charge in [0.2, 0.25) is 0 Å². The highest BCUT2D eigenvalue weighted by Crippen LogP contribution is 2.39. The van der Waals surface area contributed by atoms with E-state index in [4.69, 9.17) is 4.74 Å². The van der Waals surface area contributed by atoms with Crippen LogP contribution in [0, 0.1) is 5.41 Å². The summed E-state index contributed by atoms with van der Waals surface area (Å²) in [7, 11) is 1.87. The first-order valence-corrected chi connectivity index (χ1v) is 9.09. The van der Waals surface area contributed by atoms with Crippen molar-refractivity contribution in [3.63, 3.8) is 0 Å². The van der Waals surface area contributed by atoms with Crippen molar-refractivity contribution >= 4 is 41.3 Å². The van der Waals surface area contributed by atoms with Crippen molar-refractivity contribution in [3.05, 3.63) is 16.1 Å². The maximum atomic E-state index is 5.53. The number of nitrogens with zero attached hydrogens (tertiary/aromatic N) is 3. The van der Waals surface area contributed by atoms with E-state index in [1.807, 2.05) is 7.05 Å². The second-order valence-electron chi connectivity index (χ2n) is 6.27. The number of hydrogen-bond donors (Lipinski definition) is 1. The van der Waals surface area contributed by atoms with Crippen molar-refractivity contribution < 1.29 is 4.74 Å². The first-order valence-electron chi connectivity index (χ1n) is 8.21. The first kappa shape index (κ1) is 18.9. The number of thiazole rings is 1. The Bertz CT molecular complexity index is 528. The average Bonchev–Trinajstić information content (AvgIpc) is 3.17. The fraction of sp³-hybridized carbons (Fsp3) is 0.750. The molecular weight excluding hydrogens is 423 g/mol. The van der Waals surface area contributed by atoms with Gasteiger partial charge in [0.25, 0.3) is 0 Å². The van der Waals surface area contributed by atoms with Crippen LogP contribution < -0.4 is 5.32 Å². The van der Waals surface area contributed by atoms with E-state index >= 15 is 0 Å². The third-order valence-electron chi connectivity index (χ3n) is 4.83. The van der Waals surface area contributed by atoms with Gasteiger partial charge in [-0.05, 0) is 31.1 Å². The second-order valence-corrected chi connectivity index (χ2v) is 7.21. The normalized spacial score (nSPS) is 20.6. The predicted molar refractivity (Wildman–Crippen MR) is 106 cm³/mol. The topological polar surface area (TPSA) is 49.8 Å². The monoisotopic (exact) mass is 450 g/mol. The summed E-state index contributed by atoms with van der Waals surface area (Å²) in [6, 6.07) is 0. The third kappa shape index (κ3) is 4.57. The number of halogens is 1. The van der Waals surface area contributed by atoms with Gasteiger partial charge in [-0.1, -0.05) is 6.92 Å². The molecule has 0 aromatic carbocycles. The molecule has 2 aliphatic rings. The van der Waals surface area contributed by atoms with E-state index in [1.165, 1.54) is 24.3 Å². The molecule has 0 radical (unpaired) electrons. The molecule has 1 spiro atoms. The molecule has 0 bridgehead atoms. The lowest BCUT2D eigenvalue weighted by Crippen LogP contribution is -2.42. The standard InChI is InChI=1S/C16H26N4OS.HI/c1-3-14-19-13(11-22-14)10-18-15(17-2)20-7-4-16(12-20)5-8-21-9-6-16;/h11H,3-10,12H2,1-2H3,(H,17,18);1H. The maximum absolute atomic E-state index is 5.53. The molecule has 23 heavy (non-hydrogen) atoms. The smallest absolute Gasteiger partial charge is 0.193 e. The van der Waals surface area contributed by atoms with Crippen LogP contribution >= 0.6 is 35.3 Å². The molecule has 130 valence electrons. The minimum Gasteiger partial charge on any atom is -0.381 e. The van der Waals surface area contributed by atoms with Crippen LogP contribution in [0.3, 0.4) is 0 Å². The van der Waals surface area contributed by atoms with Gasteiger partial charge in [-0.15, -0.1) is 35.3 Å². The van der Waals surface area contributed by atoms with Crippen LogP contribution in [0.2, 0.25) is 0 Å². The predicted octanol–water partition coefficient (Wildman–Crippen LogP) is 2.90. The van der Waals surface area contributed by atoms with Crippen molar-refractivity contribution in [1.82, 2.24) is 15.2 Å². The Labute approximate surface area is 159 Å². The number of aliphatic imine (C=N–C) groups is 1. The number of nitrogens with one attached hydrogen (secondary N) is 1. The molecule has 0 saturated carbocycles. The van der Waals surface area contributed by atoms with E-state index in [-0.39, 0.29) is 24.0 Å². The number of ether oxygens (including phenoxy) is 1. The Morgan fingerprint density at radius 2 is 2.22 bits per heavy atom. The Balaban J connectivity index is 0.00000192. The summed E-state index contributed by atoms with van der Waals surface area (Å²) in [5.74, 6) is 1.01. The van der Waals surface area contributed by atoms with E-state index in [1.54, 1.807) is 11.3 Å². The lowest BCUT2D eigenvalue weighted by Gasteiger charge is -2.33. The Kier molecular flexibility index (Phi) is 7.09. The molecule has 0 aliphatic carbocycles. The van der Waals surface area contributed by atoms with Crippen molar-refractivity contribution in [2.24, 2.45) is 10.4 Å². The molecular formula is C16H27IN4OS. The average molecular weight is 450 g/mol. The van der Waals surface area contributed by atoms with E-state index < -0.39 is 0 Å². The van der Waals surface area contributed by atoms with Crippen LogP contribution in [0.5, 0.6) is 0 Å². The van der Waals surface area contributed by atoms with Gasteiger partial charge in [-0.25, -0.2) is 4.98 Å². The van der Waals surface area contributed by atoms with Crippen molar-refractivity contribution in [2.75, 3.05) is 33.4 Å². The Hall–Kier alpha value is -0.410. The Morgan fingerprint density at radius 1 is 1.43 bits per heavy atom. The maximum Gasteiger partial charge on any atom is 0.193 e. The van der Waals surface area contributed by atoms with Crippen molar-refractivity contribution in [2.45, 2.75) is 39.2 Å². The summed E-state index contributed by atoms with van der Waals surface area (Å²) in [5, 5.41) is 6.82. The van der Waals surface area contributed by atoms with E-state index in [9.17, 15) is 0 Å². The molecule has 1 aromatic rings. The van der Waals surface area contributed by atoms with Gasteiger partial charge < -0.3 is 15.0 Å². The molecule has 3 heterocycles. The fourth-order valence-corrected chi connectivity index (χ4v) is 4.17. The van der Waals surface area contributed by atoms with Gasteiger partial charge in [0.1, 0.15) is 0 Å². The molecule has 0 amide bonds. The molecule has 2 saturated heterocycles. The van der Waals surface area contributed by atoms with Gasteiger partial charge in [0, 0.05) is 38.7 Å². The molecule has 3 rings (SSSR count). The van der Waals surface area contributed by atoms with Gasteiger partial charge in [0.05, 0.1) is 17.2 Å². The molecule has 1 aromatic heterocycles. The van der Waals surface area contributed by atoms with Gasteiger partial charge in [0.15, 0.2) is 5.96 Å². The largest absolute Gasteiger partial charge is 0.381 e. The summed E-state index contributed by atoms with van der Waals surface area (Å²) in [5.41, 5.74) is 1.56. The lowest BCUT2D eigenvalue weighted by atomic mass is 9.80. The number of aryl methyl sites for hydroxylation is 1. The first-order chi connectivity index (χ1) is 10.7. The lowest BCUT2D eigenvalue weighted by molar-refractivity contribution is 0.0217. The minimum atomic E-state index is 0. The summed E-state index contributed by atoms with van der Waals surface area (Å²) >= 11 is 1.74. The molecule has 0 unspecified atom stereocenters. The summed E-state index contributed by atoms with van der Waals surface area (Å²) < 4.78 is 5.53. The number of hydrogen-bond acceptors (Lipinski definition) is 4. The molecule has 2 aliphatic heterocycles. The van der Waals surface area contributed by atoms with Gasteiger partial charge in [-0.3, -0.25) is 4.99 Å². The fourth-order valence-electron chi connectivity index (χ4n) is 3.42. The van der Waals surface area contributed by atoms with Crippen LogP contribution in [0.15, 0.2) is 10.4 Å². The molecule has 2 fully saturated rings. The second kappa shape index (κ2) is 8.62. The molecule has 0 atom stereocenters. The Morgan fingerprint density at radius 3 is 2.87 bits per heavy atom. The quantitative estimate of drug-likeness (QED) is 0.437. The number of likely N-dealkylation sites (tertiary alicyclic amines) is 1. The highest BCUT2D eigenvalue weighted by molar-refractivity contribution is 14.0. The zero-order valence-electron chi connectivity index (χ0n) is 14.0. The third-order valence-corrected chi connectivity index (χ3v) is 5.87. The van der Waals surface area contributed by atoms with Crippen LogP contribution in [0.25, 0.3) is 0 Å². The van der Waals surface area contributed by atoms with Crippen LogP contribution in [0.4, 0.5) is 0 Å². The van der Waals surface area contributed by atoms with E-state index in [2.05, 4.69) is 32.5 Å². The van der Waals surface area contributed by atoms with Gasteiger partial charge in [-0.2, -0.15) is 0 Å². The highest BCUT2D eigenvalue weighted by Gasteiger charge is 2.40. The molecule has 5 nitrogen and oxygen atoms in total. The van der Waals surface area contributed by atoms with Crippen LogP contribution in [-0.4, -0.2) is 49.2 Å². The van der Waals surface area contributed by atoms with E-state index in [0.29, 0.717) is 5.41 Å². The van der Waals surface area contributed by atoms with Crippen LogP contribution in [-0.2, 0) is 17.7 Å². The molecule has 7 heteroatoms. The zero-order valence-corrected chi connectivity index (χ0v) is 17.2. The number of rotatable bonds is 3. The van der Waals surface area contributed by atoms with Gasteiger partial charge >= 0.3 is 0 Å². The number of aromatic nitrogens is 1.